The molecule has 0 fully saturated rings. The third kappa shape index (κ3) is 3.49. The molecule has 1 aromatic carbocycles. The molecule has 0 saturated heterocycles. The van der Waals surface area contributed by atoms with Gasteiger partial charge in [0.15, 0.2) is 11.0 Å². The Morgan fingerprint density at radius 3 is 2.74 bits per heavy atom. The summed E-state index contributed by atoms with van der Waals surface area (Å²) in [6.45, 7) is 0. The maximum atomic E-state index is 8.49. The summed E-state index contributed by atoms with van der Waals surface area (Å²) in [5, 5.41) is 18.4. The number of nitrogens with zero attached hydrogens (tertiary/aromatic N) is 4. The van der Waals surface area contributed by atoms with Crippen molar-refractivity contribution in [3.05, 3.63) is 29.3 Å². The highest BCUT2D eigenvalue weighted by Crippen LogP contribution is 2.24. The van der Waals surface area contributed by atoms with Gasteiger partial charge in [0.05, 0.1) is 6.07 Å². The molecule has 6 heteroatoms. The summed E-state index contributed by atoms with van der Waals surface area (Å²) in [4.78, 5) is 0. The Morgan fingerprint density at radius 1 is 1.32 bits per heavy atom. The SMILES string of the molecule is Cn1c(SCCCC#N)nnc1-c1ccc(Cl)cc1. The van der Waals surface area contributed by atoms with Crippen molar-refractivity contribution in [2.75, 3.05) is 5.75 Å². The van der Waals surface area contributed by atoms with Crippen LogP contribution in [0.2, 0.25) is 5.02 Å². The van der Waals surface area contributed by atoms with E-state index in [-0.39, 0.29) is 0 Å². The molecule has 1 aromatic heterocycles. The predicted octanol–water partition coefficient (Wildman–Crippen LogP) is 3.53. The Bertz CT molecular complexity index is 586. The van der Waals surface area contributed by atoms with Gasteiger partial charge in [-0.1, -0.05) is 23.4 Å². The summed E-state index contributed by atoms with van der Waals surface area (Å²) in [7, 11) is 1.94. The lowest BCUT2D eigenvalue weighted by molar-refractivity contribution is 0.792. The van der Waals surface area contributed by atoms with Gasteiger partial charge in [0.1, 0.15) is 0 Å². The first-order chi connectivity index (χ1) is 9.22. The molecule has 19 heavy (non-hydrogen) atoms. The average molecular weight is 293 g/mol. The third-order valence-electron chi connectivity index (χ3n) is 2.60. The number of hydrogen-bond acceptors (Lipinski definition) is 4. The van der Waals surface area contributed by atoms with Gasteiger partial charge in [0.25, 0.3) is 0 Å². The lowest BCUT2D eigenvalue weighted by Crippen LogP contribution is -1.95. The Labute approximate surface area is 121 Å². The third-order valence-corrected chi connectivity index (χ3v) is 3.96. The van der Waals surface area contributed by atoms with Gasteiger partial charge in [-0.2, -0.15) is 5.26 Å². The van der Waals surface area contributed by atoms with E-state index in [1.165, 1.54) is 0 Å². The molecular formula is C13H13ClN4S. The van der Waals surface area contributed by atoms with Crippen molar-refractivity contribution in [2.24, 2.45) is 7.05 Å². The number of aromatic nitrogens is 3. The number of rotatable bonds is 5. The van der Waals surface area contributed by atoms with Gasteiger partial charge in [-0.3, -0.25) is 0 Å². The topological polar surface area (TPSA) is 54.5 Å². The lowest BCUT2D eigenvalue weighted by atomic mass is 10.2. The molecule has 0 N–H and O–H groups in total. The molecule has 0 amide bonds. The number of halogens is 1. The molecule has 4 nitrogen and oxygen atoms in total. The predicted molar refractivity (Wildman–Crippen MR) is 77.0 cm³/mol. The van der Waals surface area contributed by atoms with Crippen LogP contribution in [0, 0.1) is 11.3 Å². The lowest BCUT2D eigenvalue weighted by Gasteiger charge is -2.03. The first-order valence-corrected chi connectivity index (χ1v) is 7.24. The Hall–Kier alpha value is -1.51. The van der Waals surface area contributed by atoms with Crippen molar-refractivity contribution in [1.29, 1.82) is 5.26 Å². The summed E-state index contributed by atoms with van der Waals surface area (Å²) in [6, 6.07) is 9.67. The molecule has 0 unspecified atom stereocenters. The smallest absolute Gasteiger partial charge is 0.191 e. The van der Waals surface area contributed by atoms with Gasteiger partial charge in [-0.15, -0.1) is 10.2 Å². The first-order valence-electron chi connectivity index (χ1n) is 5.87. The molecule has 0 aliphatic rings. The maximum absolute atomic E-state index is 8.49. The Morgan fingerprint density at radius 2 is 2.05 bits per heavy atom. The minimum atomic E-state index is 0.578. The minimum Gasteiger partial charge on any atom is -0.305 e. The summed E-state index contributed by atoms with van der Waals surface area (Å²) in [5.41, 5.74) is 0.989. The Kier molecular flexibility index (Phi) is 4.83. The van der Waals surface area contributed by atoms with E-state index in [9.17, 15) is 0 Å². The Balaban J connectivity index is 2.10. The van der Waals surface area contributed by atoms with Gasteiger partial charge in [0, 0.05) is 29.8 Å². The van der Waals surface area contributed by atoms with Crippen molar-refractivity contribution in [3.8, 4) is 17.5 Å². The van der Waals surface area contributed by atoms with E-state index >= 15 is 0 Å². The molecular weight excluding hydrogens is 280 g/mol. The second-order valence-corrected chi connectivity index (χ2v) is 5.48. The van der Waals surface area contributed by atoms with Crippen LogP contribution in [0.25, 0.3) is 11.4 Å². The van der Waals surface area contributed by atoms with E-state index in [0.717, 1.165) is 28.7 Å². The molecule has 0 radical (unpaired) electrons. The van der Waals surface area contributed by atoms with E-state index in [4.69, 9.17) is 16.9 Å². The molecule has 2 aromatic rings. The monoisotopic (exact) mass is 292 g/mol. The second kappa shape index (κ2) is 6.60. The molecule has 0 bridgehead atoms. The van der Waals surface area contributed by atoms with Gasteiger partial charge in [-0.05, 0) is 30.7 Å². The molecule has 2 rings (SSSR count). The number of unbranched alkanes of at least 4 members (excludes halogenated alkanes) is 1. The van der Waals surface area contributed by atoms with Gasteiger partial charge in [0.2, 0.25) is 0 Å². The number of hydrogen-bond donors (Lipinski definition) is 0. The van der Waals surface area contributed by atoms with Gasteiger partial charge < -0.3 is 4.57 Å². The van der Waals surface area contributed by atoms with Crippen molar-refractivity contribution in [2.45, 2.75) is 18.0 Å². The van der Waals surface area contributed by atoms with Crippen LogP contribution in [0.5, 0.6) is 0 Å². The number of thioether (sulfide) groups is 1. The maximum Gasteiger partial charge on any atom is 0.191 e. The van der Waals surface area contributed by atoms with Crippen molar-refractivity contribution >= 4 is 23.4 Å². The fourth-order valence-electron chi connectivity index (χ4n) is 1.61. The number of benzene rings is 1. The normalized spacial score (nSPS) is 10.4. The van der Waals surface area contributed by atoms with Crippen LogP contribution in [0.1, 0.15) is 12.8 Å². The quantitative estimate of drug-likeness (QED) is 0.625. The minimum absolute atomic E-state index is 0.578. The fourth-order valence-corrected chi connectivity index (χ4v) is 2.58. The van der Waals surface area contributed by atoms with Crippen LogP contribution in [-0.2, 0) is 7.05 Å². The van der Waals surface area contributed by atoms with Crippen LogP contribution in [0.3, 0.4) is 0 Å². The van der Waals surface area contributed by atoms with E-state index in [1.807, 2.05) is 35.9 Å². The van der Waals surface area contributed by atoms with Gasteiger partial charge in [-0.25, -0.2) is 0 Å². The average Bonchev–Trinajstić information content (AvgIpc) is 2.77. The summed E-state index contributed by atoms with van der Waals surface area (Å²) in [6.07, 6.45) is 1.44. The van der Waals surface area contributed by atoms with Crippen LogP contribution in [-0.4, -0.2) is 20.5 Å². The standard InChI is InChI=1S/C13H13ClN4S/c1-18-12(10-4-6-11(14)7-5-10)16-17-13(18)19-9-3-2-8-15/h4-7H,2-3,9H2,1H3. The second-order valence-electron chi connectivity index (χ2n) is 3.98. The van der Waals surface area contributed by atoms with Crippen LogP contribution in [0.4, 0.5) is 0 Å². The van der Waals surface area contributed by atoms with Crippen molar-refractivity contribution < 1.29 is 0 Å². The zero-order chi connectivity index (χ0) is 13.7. The molecule has 0 atom stereocenters. The molecule has 0 spiro atoms. The molecule has 0 aliphatic heterocycles. The zero-order valence-corrected chi connectivity index (χ0v) is 12.1. The molecule has 0 aliphatic carbocycles. The van der Waals surface area contributed by atoms with Crippen molar-refractivity contribution in [3.63, 3.8) is 0 Å². The first kappa shape index (κ1) is 13.9. The van der Waals surface area contributed by atoms with E-state index in [0.29, 0.717) is 11.4 Å². The highest BCUT2D eigenvalue weighted by molar-refractivity contribution is 7.99. The van der Waals surface area contributed by atoms with Gasteiger partial charge >= 0.3 is 0 Å². The zero-order valence-electron chi connectivity index (χ0n) is 10.5. The molecule has 98 valence electrons. The number of nitriles is 1. The molecule has 0 saturated carbocycles. The van der Waals surface area contributed by atoms with Crippen LogP contribution >= 0.6 is 23.4 Å². The largest absolute Gasteiger partial charge is 0.305 e. The summed E-state index contributed by atoms with van der Waals surface area (Å²) >= 11 is 7.49. The summed E-state index contributed by atoms with van der Waals surface area (Å²) in [5.74, 6) is 1.69. The van der Waals surface area contributed by atoms with E-state index in [2.05, 4.69) is 16.3 Å². The van der Waals surface area contributed by atoms with E-state index in [1.54, 1.807) is 11.8 Å². The summed E-state index contributed by atoms with van der Waals surface area (Å²) < 4.78 is 1.96. The highest BCUT2D eigenvalue weighted by Gasteiger charge is 2.10. The highest BCUT2D eigenvalue weighted by atomic mass is 35.5. The fraction of sp³-hybridized carbons (Fsp3) is 0.308. The molecule has 1 heterocycles. The van der Waals surface area contributed by atoms with Crippen LogP contribution in [0.15, 0.2) is 29.4 Å². The van der Waals surface area contributed by atoms with Crippen molar-refractivity contribution in [1.82, 2.24) is 14.8 Å². The van der Waals surface area contributed by atoms with Crippen LogP contribution < -0.4 is 0 Å². The van der Waals surface area contributed by atoms with E-state index < -0.39 is 0 Å².